The molecule has 3 atom stereocenters. The van der Waals surface area contributed by atoms with Crippen molar-refractivity contribution in [3.05, 3.63) is 98.5 Å². The van der Waals surface area contributed by atoms with Crippen LogP contribution in [0, 0.1) is 11.8 Å². The first-order valence-corrected chi connectivity index (χ1v) is 11.8. The minimum Gasteiger partial charge on any atom is -0.349 e. The molecule has 0 bridgehead atoms. The van der Waals surface area contributed by atoms with Gasteiger partial charge in [0.05, 0.1) is 28.6 Å². The van der Waals surface area contributed by atoms with Gasteiger partial charge in [0.15, 0.2) is 0 Å². The number of benzene rings is 3. The van der Waals surface area contributed by atoms with E-state index in [1.165, 1.54) is 30.3 Å². The number of hydrogen-bond acceptors (Lipinski definition) is 5. The number of carbonyl (C=O) groups excluding carboxylic acids is 4. The molecular weight excluding hydrogens is 513 g/mol. The van der Waals surface area contributed by atoms with E-state index in [9.17, 15) is 19.2 Å². The molecule has 2 aliphatic heterocycles. The molecule has 0 unspecified atom stereocenters. The lowest BCUT2D eigenvalue weighted by atomic mass is 9.77. The van der Waals surface area contributed by atoms with Crippen LogP contribution >= 0.6 is 34.8 Å². The van der Waals surface area contributed by atoms with E-state index in [2.05, 4.69) is 0 Å². The number of ether oxygens (including phenoxy) is 1. The third-order valence-electron chi connectivity index (χ3n) is 6.85. The number of amides is 2. The fourth-order valence-electron chi connectivity index (χ4n) is 5.40. The number of hydrogen-bond donors (Lipinski definition) is 0. The number of halogens is 3. The molecular formula is C26H14Cl3NO5. The molecule has 0 N–H and O–H groups in total. The lowest BCUT2D eigenvalue weighted by Gasteiger charge is -2.27. The lowest BCUT2D eigenvalue weighted by molar-refractivity contribution is -0.127. The Labute approximate surface area is 214 Å². The van der Waals surface area contributed by atoms with Crippen LogP contribution in [0.4, 0.5) is 5.69 Å². The van der Waals surface area contributed by atoms with Gasteiger partial charge in [0.1, 0.15) is 0 Å². The number of nitrogens with zero attached hydrogens (tertiary/aromatic N) is 1. The molecule has 2 fully saturated rings. The van der Waals surface area contributed by atoms with E-state index in [0.717, 1.165) is 4.90 Å². The van der Waals surface area contributed by atoms with Crippen molar-refractivity contribution in [1.29, 1.82) is 0 Å². The van der Waals surface area contributed by atoms with Gasteiger partial charge in [0.25, 0.3) is 0 Å². The average molecular weight is 527 g/mol. The number of Topliss-reactive ketones (excluding diaryl/α,β-unsaturated/α-hetero) is 2. The van der Waals surface area contributed by atoms with Crippen molar-refractivity contribution in [2.45, 2.75) is 11.7 Å². The Morgan fingerprint density at radius 2 is 1.40 bits per heavy atom. The summed E-state index contributed by atoms with van der Waals surface area (Å²) in [6, 6.07) is 17.3. The summed E-state index contributed by atoms with van der Waals surface area (Å²) in [6.45, 7) is 0. The van der Waals surface area contributed by atoms with Crippen LogP contribution < -0.4 is 4.90 Å². The molecule has 6 rings (SSSR count). The summed E-state index contributed by atoms with van der Waals surface area (Å²) in [5, 5.41) is 0.789. The minimum atomic E-state index is -2.16. The van der Waals surface area contributed by atoms with Crippen LogP contribution in [-0.2, 0) is 14.3 Å². The molecule has 2 heterocycles. The van der Waals surface area contributed by atoms with Gasteiger partial charge in [-0.15, -0.1) is 0 Å². The maximum Gasteiger partial charge on any atom is 0.241 e. The van der Waals surface area contributed by atoms with Crippen molar-refractivity contribution in [1.82, 2.24) is 0 Å². The van der Waals surface area contributed by atoms with Crippen molar-refractivity contribution < 1.29 is 23.9 Å². The smallest absolute Gasteiger partial charge is 0.241 e. The average Bonchev–Trinajstić information content (AvgIpc) is 3.40. The second kappa shape index (κ2) is 7.73. The molecule has 0 aromatic heterocycles. The van der Waals surface area contributed by atoms with Gasteiger partial charge in [0.2, 0.25) is 29.0 Å². The highest BCUT2D eigenvalue weighted by Crippen LogP contribution is 2.58. The van der Waals surface area contributed by atoms with Gasteiger partial charge in [-0.1, -0.05) is 71.2 Å². The molecule has 6 nitrogen and oxygen atoms in total. The summed E-state index contributed by atoms with van der Waals surface area (Å²) in [7, 11) is 0. The second-order valence-electron chi connectivity index (χ2n) is 8.64. The molecule has 3 aliphatic rings. The Hall–Kier alpha value is -3.03. The summed E-state index contributed by atoms with van der Waals surface area (Å²) in [6.07, 6.45) is -1.06. The van der Waals surface area contributed by atoms with E-state index >= 15 is 0 Å². The van der Waals surface area contributed by atoms with Crippen LogP contribution in [0.1, 0.15) is 32.4 Å². The number of ketones is 2. The quantitative estimate of drug-likeness (QED) is 0.333. The molecule has 3 aromatic carbocycles. The van der Waals surface area contributed by atoms with Crippen LogP contribution in [-0.4, -0.2) is 29.0 Å². The summed E-state index contributed by atoms with van der Waals surface area (Å²) >= 11 is 18.5. The van der Waals surface area contributed by atoms with E-state index in [0.29, 0.717) is 15.6 Å². The highest BCUT2D eigenvalue weighted by Gasteiger charge is 2.74. The van der Waals surface area contributed by atoms with E-state index in [1.54, 1.807) is 36.4 Å². The van der Waals surface area contributed by atoms with Gasteiger partial charge in [-0.2, -0.15) is 0 Å². The summed E-state index contributed by atoms with van der Waals surface area (Å²) in [5.41, 5.74) is -1.25. The summed E-state index contributed by atoms with van der Waals surface area (Å²) in [5.74, 6) is -5.15. The minimum absolute atomic E-state index is 0.0841. The molecule has 2 saturated heterocycles. The van der Waals surface area contributed by atoms with Crippen molar-refractivity contribution in [3.63, 3.8) is 0 Å². The van der Waals surface area contributed by atoms with Gasteiger partial charge in [-0.25, -0.2) is 4.90 Å². The van der Waals surface area contributed by atoms with Crippen molar-refractivity contribution in [2.75, 3.05) is 4.90 Å². The predicted octanol–water partition coefficient (Wildman–Crippen LogP) is 5.34. The van der Waals surface area contributed by atoms with Gasteiger partial charge >= 0.3 is 0 Å². The van der Waals surface area contributed by atoms with Crippen molar-refractivity contribution >= 4 is 63.9 Å². The number of rotatable bonds is 2. The Kier molecular flexibility index (Phi) is 4.96. The molecule has 3 aromatic rings. The van der Waals surface area contributed by atoms with Crippen LogP contribution in [0.25, 0.3) is 0 Å². The largest absolute Gasteiger partial charge is 0.349 e. The molecule has 1 aliphatic carbocycles. The number of anilines is 1. The van der Waals surface area contributed by atoms with Gasteiger partial charge in [-0.3, -0.25) is 19.2 Å². The van der Waals surface area contributed by atoms with Gasteiger partial charge in [-0.05, 0) is 35.9 Å². The van der Waals surface area contributed by atoms with Crippen LogP contribution in [0.15, 0.2) is 66.7 Å². The first-order chi connectivity index (χ1) is 16.8. The first-order valence-electron chi connectivity index (χ1n) is 10.7. The second-order valence-corrected chi connectivity index (χ2v) is 9.92. The number of carbonyl (C=O) groups is 4. The normalized spacial score (nSPS) is 24.4. The van der Waals surface area contributed by atoms with Crippen molar-refractivity contribution in [2.24, 2.45) is 11.8 Å². The molecule has 174 valence electrons. The lowest BCUT2D eigenvalue weighted by Crippen LogP contribution is -2.51. The van der Waals surface area contributed by atoms with Crippen LogP contribution in [0.5, 0.6) is 0 Å². The van der Waals surface area contributed by atoms with Crippen LogP contribution in [0.3, 0.4) is 0 Å². The van der Waals surface area contributed by atoms with Crippen molar-refractivity contribution in [3.8, 4) is 0 Å². The maximum atomic E-state index is 13.9. The zero-order chi connectivity index (χ0) is 24.6. The Morgan fingerprint density at radius 1 is 0.743 bits per heavy atom. The topological polar surface area (TPSA) is 80.8 Å². The zero-order valence-electron chi connectivity index (χ0n) is 17.7. The fourth-order valence-corrected chi connectivity index (χ4v) is 6.09. The number of imide groups is 1. The SMILES string of the molecule is O=C1[C@H]2[C@H](c3cccc(Cl)c3)OC3(C(=O)c4ccccc4C3=O)[C@H]2C(=O)N1c1ccc(Cl)cc1Cl. The Balaban J connectivity index is 1.56. The van der Waals surface area contributed by atoms with Gasteiger partial charge < -0.3 is 4.74 Å². The molecule has 0 radical (unpaired) electrons. The maximum absolute atomic E-state index is 13.9. The first kappa shape index (κ1) is 22.4. The molecule has 0 saturated carbocycles. The zero-order valence-corrected chi connectivity index (χ0v) is 20.0. The highest BCUT2D eigenvalue weighted by atomic mass is 35.5. The monoisotopic (exact) mass is 525 g/mol. The Morgan fingerprint density at radius 3 is 2.03 bits per heavy atom. The van der Waals surface area contributed by atoms with E-state index in [1.807, 2.05) is 0 Å². The molecule has 35 heavy (non-hydrogen) atoms. The predicted molar refractivity (Wildman–Crippen MR) is 129 cm³/mol. The van der Waals surface area contributed by atoms with Gasteiger partial charge in [0, 0.05) is 21.2 Å². The molecule has 9 heteroatoms. The fraction of sp³-hybridized carbons (Fsp3) is 0.154. The van der Waals surface area contributed by atoms with E-state index in [-0.39, 0.29) is 21.8 Å². The third kappa shape index (κ3) is 2.94. The molecule has 1 spiro atoms. The summed E-state index contributed by atoms with van der Waals surface area (Å²) in [4.78, 5) is 56.1. The highest BCUT2D eigenvalue weighted by molar-refractivity contribution is 6.40. The standard InChI is InChI=1S/C26H14Cl3NO5/c27-13-5-3-4-12(10-13)21-19-20(25(34)30(24(19)33)18-9-8-14(28)11-17(18)29)26(35-21)22(31)15-6-1-2-7-16(15)23(26)32/h1-11,19-21H/t19-,20-,21+/m1/s1. The van der Waals surface area contributed by atoms with E-state index < -0.39 is 46.9 Å². The molecule has 2 amide bonds. The Bertz CT molecular complexity index is 1450. The third-order valence-corrected chi connectivity index (χ3v) is 7.62. The van der Waals surface area contributed by atoms with Crippen LogP contribution in [0.2, 0.25) is 15.1 Å². The van der Waals surface area contributed by atoms with E-state index in [4.69, 9.17) is 39.5 Å². The number of fused-ring (bicyclic) bond motifs is 3. The summed E-state index contributed by atoms with van der Waals surface area (Å²) < 4.78 is 6.22.